The average Bonchev–Trinajstić information content (AvgIpc) is 2.90. The Bertz CT molecular complexity index is 1020. The van der Waals surface area contributed by atoms with Gasteiger partial charge in [-0.2, -0.15) is 4.89 Å². The Morgan fingerprint density at radius 2 is 1.46 bits per heavy atom. The van der Waals surface area contributed by atoms with Crippen LogP contribution in [0.3, 0.4) is 0 Å². The number of rotatable bonds is 14. The van der Waals surface area contributed by atoms with Gasteiger partial charge >= 0.3 is 5.97 Å². The van der Waals surface area contributed by atoms with E-state index < -0.39 is 5.97 Å². The Kier molecular flexibility index (Phi) is 11.0. The van der Waals surface area contributed by atoms with Gasteiger partial charge in [-0.3, -0.25) is 4.89 Å². The van der Waals surface area contributed by atoms with Gasteiger partial charge in [0.05, 0.1) is 12.2 Å². The Labute approximate surface area is 211 Å². The predicted octanol–water partition coefficient (Wildman–Crippen LogP) is 9.06. The Morgan fingerprint density at radius 1 is 0.771 bits per heavy atom. The zero-order chi connectivity index (χ0) is 24.9. The highest BCUT2D eigenvalue weighted by atomic mass is 17.2. The third kappa shape index (κ3) is 8.36. The second-order valence-corrected chi connectivity index (χ2v) is 9.50. The van der Waals surface area contributed by atoms with Gasteiger partial charge in [-0.25, -0.2) is 4.79 Å². The summed E-state index contributed by atoms with van der Waals surface area (Å²) in [7, 11) is 0. The van der Waals surface area contributed by atoms with E-state index in [1.165, 1.54) is 37.7 Å². The van der Waals surface area contributed by atoms with Crippen LogP contribution in [0.15, 0.2) is 72.8 Å². The minimum absolute atomic E-state index is 0.435. The first-order valence-electron chi connectivity index (χ1n) is 13.2. The minimum Gasteiger partial charge on any atom is -0.293 e. The van der Waals surface area contributed by atoms with E-state index in [0.717, 1.165) is 41.5 Å². The van der Waals surface area contributed by atoms with Crippen LogP contribution in [0, 0.1) is 5.92 Å². The molecule has 0 aliphatic carbocycles. The van der Waals surface area contributed by atoms with Crippen molar-refractivity contribution in [1.82, 2.24) is 0 Å². The van der Waals surface area contributed by atoms with Gasteiger partial charge in [-0.15, -0.1) is 0 Å². The summed E-state index contributed by atoms with van der Waals surface area (Å²) in [6, 6.07) is 24.7. The van der Waals surface area contributed by atoms with Crippen LogP contribution >= 0.6 is 0 Å². The molecule has 0 saturated heterocycles. The number of unbranched alkanes of at least 4 members (excludes halogenated alkanes) is 5. The highest BCUT2D eigenvalue weighted by Crippen LogP contribution is 2.33. The largest absolute Gasteiger partial charge is 0.373 e. The summed E-state index contributed by atoms with van der Waals surface area (Å²) in [5.74, 6) is 0.209. The van der Waals surface area contributed by atoms with Crippen LogP contribution in [-0.4, -0.2) is 12.6 Å². The summed E-state index contributed by atoms with van der Waals surface area (Å²) in [5.41, 5.74) is 6.13. The lowest BCUT2D eigenvalue weighted by atomic mass is 9.91. The third-order valence-electron chi connectivity index (χ3n) is 6.60. The summed E-state index contributed by atoms with van der Waals surface area (Å²) >= 11 is 0. The quantitative estimate of drug-likeness (QED) is 0.133. The number of carbonyl (C=O) groups excluding carboxylic acids is 1. The molecule has 0 amide bonds. The van der Waals surface area contributed by atoms with Gasteiger partial charge in [0.25, 0.3) is 0 Å². The molecule has 3 aromatic rings. The van der Waals surface area contributed by atoms with Crippen molar-refractivity contribution in [2.75, 3.05) is 6.61 Å². The Balaban J connectivity index is 1.73. The first-order valence-corrected chi connectivity index (χ1v) is 13.2. The standard InChI is InChI=1S/C32H40O3/c1-4-6-7-8-9-13-22-34-35-32(33)29-20-21-30(27-14-11-10-12-15-27)31(24-29)28-18-16-26(17-19-28)23-25(3)5-2/h10-12,14-21,24-25H,4-9,13,22-23H2,1-3H3. The number of benzene rings is 3. The van der Waals surface area contributed by atoms with Gasteiger partial charge in [0.15, 0.2) is 0 Å². The van der Waals surface area contributed by atoms with Gasteiger partial charge in [0, 0.05) is 0 Å². The molecule has 3 aromatic carbocycles. The fourth-order valence-electron chi connectivity index (χ4n) is 4.23. The molecule has 0 N–H and O–H groups in total. The zero-order valence-corrected chi connectivity index (χ0v) is 21.6. The molecule has 1 atom stereocenters. The maximum Gasteiger partial charge on any atom is 0.373 e. The van der Waals surface area contributed by atoms with E-state index in [4.69, 9.17) is 9.78 Å². The fraction of sp³-hybridized carbons (Fsp3) is 0.406. The molecule has 0 saturated carbocycles. The molecule has 0 fully saturated rings. The summed E-state index contributed by atoms with van der Waals surface area (Å²) in [4.78, 5) is 23.1. The lowest BCUT2D eigenvalue weighted by molar-refractivity contribution is -0.241. The van der Waals surface area contributed by atoms with Gasteiger partial charge in [-0.05, 0) is 58.7 Å². The van der Waals surface area contributed by atoms with Crippen molar-refractivity contribution >= 4 is 5.97 Å². The fourth-order valence-corrected chi connectivity index (χ4v) is 4.23. The van der Waals surface area contributed by atoms with E-state index >= 15 is 0 Å². The van der Waals surface area contributed by atoms with Crippen molar-refractivity contribution in [3.63, 3.8) is 0 Å². The SMILES string of the molecule is CCCCCCCCOOC(=O)c1ccc(-c2ccccc2)c(-c2ccc(CC(C)CC)cc2)c1. The first kappa shape index (κ1) is 26.7. The maximum absolute atomic E-state index is 12.7. The highest BCUT2D eigenvalue weighted by Gasteiger charge is 2.15. The molecule has 0 bridgehead atoms. The Morgan fingerprint density at radius 3 is 2.17 bits per heavy atom. The molecule has 3 heteroatoms. The van der Waals surface area contributed by atoms with Crippen molar-refractivity contribution < 1.29 is 14.6 Å². The molecule has 35 heavy (non-hydrogen) atoms. The molecule has 3 nitrogen and oxygen atoms in total. The molecule has 0 aromatic heterocycles. The molecule has 0 spiro atoms. The van der Waals surface area contributed by atoms with Gasteiger partial charge < -0.3 is 0 Å². The molecule has 0 heterocycles. The van der Waals surface area contributed by atoms with E-state index in [-0.39, 0.29) is 0 Å². The van der Waals surface area contributed by atoms with Crippen LogP contribution in [0.1, 0.15) is 81.6 Å². The smallest absolute Gasteiger partial charge is 0.293 e. The van der Waals surface area contributed by atoms with Crippen molar-refractivity contribution in [2.24, 2.45) is 5.92 Å². The average molecular weight is 473 g/mol. The van der Waals surface area contributed by atoms with Crippen molar-refractivity contribution in [3.8, 4) is 22.3 Å². The summed E-state index contributed by atoms with van der Waals surface area (Å²) in [6.07, 6.45) is 9.21. The van der Waals surface area contributed by atoms with E-state index in [2.05, 4.69) is 57.2 Å². The summed E-state index contributed by atoms with van der Waals surface area (Å²) in [6.45, 7) is 7.16. The van der Waals surface area contributed by atoms with Gasteiger partial charge in [-0.1, -0.05) is 120 Å². The van der Waals surface area contributed by atoms with Crippen molar-refractivity contribution in [1.29, 1.82) is 0 Å². The molecule has 0 aliphatic heterocycles. The van der Waals surface area contributed by atoms with E-state index in [1.54, 1.807) is 0 Å². The molecule has 186 valence electrons. The van der Waals surface area contributed by atoms with Crippen LogP contribution in [0.2, 0.25) is 0 Å². The number of hydrogen-bond acceptors (Lipinski definition) is 3. The van der Waals surface area contributed by atoms with Crippen molar-refractivity contribution in [2.45, 2.75) is 72.1 Å². The highest BCUT2D eigenvalue weighted by molar-refractivity contribution is 5.94. The second kappa shape index (κ2) is 14.5. The van der Waals surface area contributed by atoms with Gasteiger partial charge in [0.2, 0.25) is 0 Å². The zero-order valence-electron chi connectivity index (χ0n) is 21.6. The molecular weight excluding hydrogens is 432 g/mol. The number of hydrogen-bond donors (Lipinski definition) is 0. The number of carbonyl (C=O) groups is 1. The third-order valence-corrected chi connectivity index (χ3v) is 6.60. The lowest BCUT2D eigenvalue weighted by Crippen LogP contribution is -2.07. The predicted molar refractivity (Wildman–Crippen MR) is 145 cm³/mol. The lowest BCUT2D eigenvalue weighted by Gasteiger charge is -2.14. The topological polar surface area (TPSA) is 35.5 Å². The van der Waals surface area contributed by atoms with Crippen LogP contribution in [0.25, 0.3) is 22.3 Å². The van der Waals surface area contributed by atoms with E-state index in [1.807, 2.05) is 36.4 Å². The Hall–Kier alpha value is -2.91. The first-order chi connectivity index (χ1) is 17.1. The second-order valence-electron chi connectivity index (χ2n) is 9.50. The van der Waals surface area contributed by atoms with Crippen LogP contribution < -0.4 is 0 Å². The molecule has 0 radical (unpaired) electrons. The summed E-state index contributed by atoms with van der Waals surface area (Å²) in [5, 5.41) is 0. The van der Waals surface area contributed by atoms with Crippen LogP contribution in [0.5, 0.6) is 0 Å². The van der Waals surface area contributed by atoms with Crippen LogP contribution in [-0.2, 0) is 16.2 Å². The minimum atomic E-state index is -0.453. The van der Waals surface area contributed by atoms with Gasteiger partial charge in [0.1, 0.15) is 0 Å². The molecule has 0 aliphatic rings. The molecule has 1 unspecified atom stereocenters. The monoisotopic (exact) mass is 472 g/mol. The summed E-state index contributed by atoms with van der Waals surface area (Å²) < 4.78 is 0. The normalized spacial score (nSPS) is 11.9. The van der Waals surface area contributed by atoms with Crippen LogP contribution in [0.4, 0.5) is 0 Å². The van der Waals surface area contributed by atoms with Crippen molar-refractivity contribution in [3.05, 3.63) is 83.9 Å². The van der Waals surface area contributed by atoms with E-state index in [9.17, 15) is 4.79 Å². The van der Waals surface area contributed by atoms with E-state index in [0.29, 0.717) is 18.1 Å². The molecular formula is C32H40O3. The molecule has 3 rings (SSSR count). The maximum atomic E-state index is 12.7.